The van der Waals surface area contributed by atoms with Crippen molar-refractivity contribution < 1.29 is 9.47 Å². The Labute approximate surface area is 180 Å². The van der Waals surface area contributed by atoms with E-state index in [0.29, 0.717) is 6.04 Å². The fourth-order valence-corrected chi connectivity index (χ4v) is 6.29. The smallest absolute Gasteiger partial charge is 0.225 e. The van der Waals surface area contributed by atoms with Crippen molar-refractivity contribution in [2.75, 3.05) is 44.4 Å². The molecule has 2 fully saturated rings. The second-order valence-corrected chi connectivity index (χ2v) is 9.95. The van der Waals surface area contributed by atoms with Gasteiger partial charge in [-0.05, 0) is 37.8 Å². The summed E-state index contributed by atoms with van der Waals surface area (Å²) in [5, 5.41) is 0. The lowest BCUT2D eigenvalue weighted by atomic mass is 9.82. The SMILES string of the molecule is C[C@H]1C[C@@]2(CCN1Cc1cnc(N3CCOCC3)nc1)OCCc1cc(Cl)sc12. The standard InChI is InChI=1S/C21H27ClN4O2S/c1-15-11-21(19-17(2-7-28-21)10-18(22)29-19)3-4-26(15)14-16-12-23-20(24-13-16)25-5-8-27-9-6-25/h10,12-13,15H,2-9,11,14H2,1H3/t15-,21+/m0/s1. The molecule has 8 heteroatoms. The van der Waals surface area contributed by atoms with Gasteiger partial charge in [0.05, 0.1) is 24.2 Å². The Kier molecular flexibility index (Phi) is 5.51. The Bertz CT molecular complexity index is 855. The minimum atomic E-state index is -0.155. The molecule has 0 bridgehead atoms. The minimum absolute atomic E-state index is 0.155. The number of ether oxygens (including phenoxy) is 2. The summed E-state index contributed by atoms with van der Waals surface area (Å²) < 4.78 is 12.7. The molecule has 2 atom stereocenters. The summed E-state index contributed by atoms with van der Waals surface area (Å²) >= 11 is 8.03. The van der Waals surface area contributed by atoms with E-state index < -0.39 is 0 Å². The lowest BCUT2D eigenvalue weighted by Crippen LogP contribution is -2.49. The fraction of sp³-hybridized carbons (Fsp3) is 0.619. The molecule has 2 saturated heterocycles. The fourth-order valence-electron chi connectivity index (χ4n) is 4.80. The second-order valence-electron chi connectivity index (χ2n) is 8.26. The van der Waals surface area contributed by atoms with Crippen LogP contribution < -0.4 is 4.90 Å². The summed E-state index contributed by atoms with van der Waals surface area (Å²) in [4.78, 5) is 15.3. The van der Waals surface area contributed by atoms with Crippen molar-refractivity contribution in [3.8, 4) is 0 Å². The Hall–Kier alpha value is -1.25. The van der Waals surface area contributed by atoms with Gasteiger partial charge in [-0.25, -0.2) is 9.97 Å². The molecule has 1 spiro atoms. The molecular formula is C21H27ClN4O2S. The van der Waals surface area contributed by atoms with Gasteiger partial charge < -0.3 is 14.4 Å². The Balaban J connectivity index is 1.25. The number of rotatable bonds is 3. The van der Waals surface area contributed by atoms with E-state index in [0.717, 1.165) is 81.1 Å². The van der Waals surface area contributed by atoms with Crippen LogP contribution in [-0.2, 0) is 28.0 Å². The first-order valence-corrected chi connectivity index (χ1v) is 11.6. The lowest BCUT2D eigenvalue weighted by molar-refractivity contribution is -0.110. The maximum atomic E-state index is 6.38. The van der Waals surface area contributed by atoms with E-state index in [1.807, 2.05) is 12.4 Å². The van der Waals surface area contributed by atoms with Gasteiger partial charge in [0.15, 0.2) is 0 Å². The molecule has 0 N–H and O–H groups in total. The van der Waals surface area contributed by atoms with Crippen molar-refractivity contribution in [1.82, 2.24) is 14.9 Å². The number of nitrogens with zero attached hydrogens (tertiary/aromatic N) is 4. The van der Waals surface area contributed by atoms with E-state index in [4.69, 9.17) is 21.1 Å². The first-order chi connectivity index (χ1) is 14.1. The average Bonchev–Trinajstić information content (AvgIpc) is 3.13. The molecule has 0 aliphatic carbocycles. The number of hydrogen-bond donors (Lipinski definition) is 0. The summed E-state index contributed by atoms with van der Waals surface area (Å²) in [6.45, 7) is 8.19. The summed E-state index contributed by atoms with van der Waals surface area (Å²) in [6, 6.07) is 2.56. The number of piperidine rings is 1. The molecule has 156 valence electrons. The minimum Gasteiger partial charge on any atom is -0.378 e. The first kappa shape index (κ1) is 19.7. The van der Waals surface area contributed by atoms with Crippen molar-refractivity contribution in [2.45, 2.75) is 44.4 Å². The van der Waals surface area contributed by atoms with Crippen LogP contribution in [-0.4, -0.2) is 60.4 Å². The van der Waals surface area contributed by atoms with Gasteiger partial charge in [-0.3, -0.25) is 4.90 Å². The molecule has 5 heterocycles. The molecule has 0 amide bonds. The summed E-state index contributed by atoms with van der Waals surface area (Å²) in [7, 11) is 0. The van der Waals surface area contributed by atoms with Gasteiger partial charge in [-0.1, -0.05) is 11.6 Å². The van der Waals surface area contributed by atoms with E-state index in [-0.39, 0.29) is 5.60 Å². The van der Waals surface area contributed by atoms with Gasteiger partial charge >= 0.3 is 0 Å². The molecular weight excluding hydrogens is 408 g/mol. The lowest BCUT2D eigenvalue weighted by Gasteiger charge is -2.47. The van der Waals surface area contributed by atoms with Gasteiger partial charge in [-0.15, -0.1) is 11.3 Å². The average molecular weight is 435 g/mol. The monoisotopic (exact) mass is 434 g/mol. The van der Waals surface area contributed by atoms with E-state index >= 15 is 0 Å². The number of thiophene rings is 1. The first-order valence-electron chi connectivity index (χ1n) is 10.4. The highest BCUT2D eigenvalue weighted by molar-refractivity contribution is 7.16. The normalized spacial score (nSPS) is 27.9. The van der Waals surface area contributed by atoms with Crippen LogP contribution >= 0.6 is 22.9 Å². The summed E-state index contributed by atoms with van der Waals surface area (Å²) in [5.74, 6) is 0.806. The third-order valence-corrected chi connectivity index (χ3v) is 7.86. The highest BCUT2D eigenvalue weighted by Crippen LogP contribution is 2.48. The van der Waals surface area contributed by atoms with Crippen LogP contribution in [0.25, 0.3) is 0 Å². The number of halogens is 1. The molecule has 0 aromatic carbocycles. The van der Waals surface area contributed by atoms with Gasteiger partial charge in [0.2, 0.25) is 5.95 Å². The van der Waals surface area contributed by atoms with E-state index in [9.17, 15) is 0 Å². The highest BCUT2D eigenvalue weighted by Gasteiger charge is 2.44. The van der Waals surface area contributed by atoms with E-state index in [1.54, 1.807) is 11.3 Å². The van der Waals surface area contributed by atoms with Crippen LogP contribution in [0.5, 0.6) is 0 Å². The van der Waals surface area contributed by atoms with Crippen molar-refractivity contribution in [2.24, 2.45) is 0 Å². The van der Waals surface area contributed by atoms with Gasteiger partial charge in [-0.2, -0.15) is 0 Å². The number of likely N-dealkylation sites (tertiary alicyclic amines) is 1. The molecule has 6 nitrogen and oxygen atoms in total. The zero-order chi connectivity index (χ0) is 19.8. The zero-order valence-electron chi connectivity index (χ0n) is 16.8. The molecule has 0 radical (unpaired) electrons. The molecule has 0 saturated carbocycles. The molecule has 2 aromatic rings. The van der Waals surface area contributed by atoms with Crippen LogP contribution in [0.4, 0.5) is 5.95 Å². The predicted octanol–water partition coefficient (Wildman–Crippen LogP) is 3.48. The quantitative estimate of drug-likeness (QED) is 0.737. The van der Waals surface area contributed by atoms with Gasteiger partial charge in [0.1, 0.15) is 5.60 Å². The summed E-state index contributed by atoms with van der Waals surface area (Å²) in [5.41, 5.74) is 2.39. The number of anilines is 1. The van der Waals surface area contributed by atoms with Crippen molar-refractivity contribution in [1.29, 1.82) is 0 Å². The molecule has 3 aliphatic rings. The maximum Gasteiger partial charge on any atom is 0.225 e. The van der Waals surface area contributed by atoms with Crippen LogP contribution in [0.15, 0.2) is 18.5 Å². The summed E-state index contributed by atoms with van der Waals surface area (Å²) in [6.07, 6.45) is 6.94. The van der Waals surface area contributed by atoms with Crippen molar-refractivity contribution in [3.05, 3.63) is 38.8 Å². The molecule has 3 aliphatic heterocycles. The molecule has 29 heavy (non-hydrogen) atoms. The predicted molar refractivity (Wildman–Crippen MR) is 115 cm³/mol. The molecule has 2 aromatic heterocycles. The maximum absolute atomic E-state index is 6.38. The molecule has 0 unspecified atom stereocenters. The van der Waals surface area contributed by atoms with Crippen LogP contribution in [0, 0.1) is 0 Å². The van der Waals surface area contributed by atoms with Crippen molar-refractivity contribution in [3.63, 3.8) is 0 Å². The third-order valence-electron chi connectivity index (χ3n) is 6.37. The van der Waals surface area contributed by atoms with Crippen LogP contribution in [0.2, 0.25) is 4.34 Å². The molecule has 5 rings (SSSR count). The highest BCUT2D eigenvalue weighted by atomic mass is 35.5. The van der Waals surface area contributed by atoms with E-state index in [1.165, 1.54) is 10.4 Å². The van der Waals surface area contributed by atoms with Crippen LogP contribution in [0.3, 0.4) is 0 Å². The Morgan fingerprint density at radius 1 is 1.21 bits per heavy atom. The number of hydrogen-bond acceptors (Lipinski definition) is 7. The number of fused-ring (bicyclic) bond motifs is 2. The number of morpholine rings is 1. The zero-order valence-corrected chi connectivity index (χ0v) is 18.3. The van der Waals surface area contributed by atoms with Crippen molar-refractivity contribution >= 4 is 28.9 Å². The largest absolute Gasteiger partial charge is 0.378 e. The Morgan fingerprint density at radius 2 is 2.00 bits per heavy atom. The second kappa shape index (κ2) is 8.12. The third kappa shape index (κ3) is 3.91. The van der Waals surface area contributed by atoms with E-state index in [2.05, 4.69) is 32.8 Å². The van der Waals surface area contributed by atoms with Gasteiger partial charge in [0.25, 0.3) is 0 Å². The Morgan fingerprint density at radius 3 is 2.76 bits per heavy atom. The van der Waals surface area contributed by atoms with Gasteiger partial charge in [0, 0.05) is 55.1 Å². The topological polar surface area (TPSA) is 50.7 Å². The van der Waals surface area contributed by atoms with Crippen LogP contribution in [0.1, 0.15) is 35.8 Å². The number of aromatic nitrogens is 2.